The average molecular weight is 150 g/mol. The first-order chi connectivity index (χ1) is 5.15. The van der Waals surface area contributed by atoms with Gasteiger partial charge in [-0.1, -0.05) is 13.8 Å². The maximum absolute atomic E-state index is 8.51. The number of nitriles is 1. The Bertz CT molecular complexity index is 292. The third-order valence-corrected chi connectivity index (χ3v) is 1.41. The fourth-order valence-electron chi connectivity index (χ4n) is 0.764. The van der Waals surface area contributed by atoms with Gasteiger partial charge in [-0.3, -0.25) is 0 Å². The molecule has 0 unspecified atom stereocenters. The summed E-state index contributed by atoms with van der Waals surface area (Å²) in [5.74, 6) is 1.33. The number of rotatable bonds is 1. The standard InChI is InChI=1S/C7H10N4/c1-4(2)7-10-5(3-8)6(9)11-7/h4H,9H2,1-2H3,(H,10,11). The summed E-state index contributed by atoms with van der Waals surface area (Å²) in [5.41, 5.74) is 5.78. The first-order valence-electron chi connectivity index (χ1n) is 3.40. The molecule has 0 bridgehead atoms. The highest BCUT2D eigenvalue weighted by Gasteiger charge is 2.08. The molecular formula is C7H10N4. The molecule has 0 saturated carbocycles. The van der Waals surface area contributed by atoms with Gasteiger partial charge < -0.3 is 10.7 Å². The number of aromatic nitrogens is 2. The predicted octanol–water partition coefficient (Wildman–Crippen LogP) is 0.987. The van der Waals surface area contributed by atoms with Gasteiger partial charge in [-0.2, -0.15) is 5.26 Å². The molecule has 3 N–H and O–H groups in total. The number of nitrogens with one attached hydrogen (secondary N) is 1. The zero-order valence-electron chi connectivity index (χ0n) is 6.55. The Morgan fingerprint density at radius 3 is 2.55 bits per heavy atom. The van der Waals surface area contributed by atoms with E-state index in [-0.39, 0.29) is 11.7 Å². The monoisotopic (exact) mass is 150 g/mol. The molecule has 11 heavy (non-hydrogen) atoms. The number of nitrogens with two attached hydrogens (primary N) is 1. The maximum Gasteiger partial charge on any atom is 0.161 e. The number of aromatic amines is 1. The molecule has 1 heterocycles. The van der Waals surface area contributed by atoms with Crippen LogP contribution in [0.5, 0.6) is 0 Å². The first-order valence-corrected chi connectivity index (χ1v) is 3.40. The topological polar surface area (TPSA) is 78.5 Å². The highest BCUT2D eigenvalue weighted by molar-refractivity contribution is 5.44. The van der Waals surface area contributed by atoms with Gasteiger partial charge in [0.2, 0.25) is 0 Å². The average Bonchev–Trinajstić information content (AvgIpc) is 2.31. The number of anilines is 1. The molecule has 1 aromatic heterocycles. The lowest BCUT2D eigenvalue weighted by atomic mass is 10.2. The van der Waals surface area contributed by atoms with E-state index in [9.17, 15) is 0 Å². The summed E-state index contributed by atoms with van der Waals surface area (Å²) in [4.78, 5) is 6.81. The minimum absolute atomic E-state index is 0.277. The first kappa shape index (κ1) is 7.61. The van der Waals surface area contributed by atoms with Crippen LogP contribution in [-0.4, -0.2) is 9.97 Å². The molecule has 4 nitrogen and oxygen atoms in total. The summed E-state index contributed by atoms with van der Waals surface area (Å²) in [5, 5.41) is 8.51. The molecule has 0 atom stereocenters. The van der Waals surface area contributed by atoms with Gasteiger partial charge in [0, 0.05) is 5.92 Å². The van der Waals surface area contributed by atoms with E-state index in [1.54, 1.807) is 0 Å². The van der Waals surface area contributed by atoms with Gasteiger partial charge in [0.15, 0.2) is 11.5 Å². The van der Waals surface area contributed by atoms with E-state index in [0.717, 1.165) is 5.82 Å². The molecule has 0 saturated heterocycles. The lowest BCUT2D eigenvalue weighted by Crippen LogP contribution is -1.90. The normalized spacial score (nSPS) is 10.0. The van der Waals surface area contributed by atoms with E-state index < -0.39 is 0 Å². The minimum atomic E-state index is 0.277. The molecule has 0 fully saturated rings. The smallest absolute Gasteiger partial charge is 0.161 e. The van der Waals surface area contributed by atoms with E-state index in [1.165, 1.54) is 0 Å². The maximum atomic E-state index is 8.51. The van der Waals surface area contributed by atoms with Crippen molar-refractivity contribution in [3.05, 3.63) is 11.5 Å². The van der Waals surface area contributed by atoms with Crippen LogP contribution in [0.2, 0.25) is 0 Å². The Hall–Kier alpha value is -1.50. The highest BCUT2D eigenvalue weighted by Crippen LogP contribution is 2.13. The number of nitrogens with zero attached hydrogens (tertiary/aromatic N) is 2. The van der Waals surface area contributed by atoms with Crippen LogP contribution < -0.4 is 5.73 Å². The number of nitrogen functional groups attached to an aromatic ring is 1. The Balaban J connectivity index is 3.07. The van der Waals surface area contributed by atoms with Crippen LogP contribution in [0.3, 0.4) is 0 Å². The zero-order valence-corrected chi connectivity index (χ0v) is 6.55. The van der Waals surface area contributed by atoms with E-state index >= 15 is 0 Å². The molecule has 0 aliphatic heterocycles. The minimum Gasteiger partial charge on any atom is -0.381 e. The van der Waals surface area contributed by atoms with Crippen molar-refractivity contribution >= 4 is 5.82 Å². The van der Waals surface area contributed by atoms with Crippen LogP contribution >= 0.6 is 0 Å². The quantitative estimate of drug-likeness (QED) is 0.626. The Morgan fingerprint density at radius 1 is 1.64 bits per heavy atom. The molecule has 0 amide bonds. The fraction of sp³-hybridized carbons (Fsp3) is 0.429. The number of hydrogen-bond acceptors (Lipinski definition) is 3. The molecule has 0 aromatic carbocycles. The number of imidazole rings is 1. The summed E-state index contributed by atoms with van der Waals surface area (Å²) in [6.07, 6.45) is 0. The summed E-state index contributed by atoms with van der Waals surface area (Å²) < 4.78 is 0. The SMILES string of the molecule is CC(C)c1nc(N)c(C#N)[nH]1. The van der Waals surface area contributed by atoms with Gasteiger partial charge in [0.1, 0.15) is 11.9 Å². The van der Waals surface area contributed by atoms with Crippen molar-refractivity contribution < 1.29 is 0 Å². The molecule has 4 heteroatoms. The van der Waals surface area contributed by atoms with E-state index in [4.69, 9.17) is 11.0 Å². The van der Waals surface area contributed by atoms with Crippen molar-refractivity contribution in [3.63, 3.8) is 0 Å². The highest BCUT2D eigenvalue weighted by atomic mass is 15.0. The molecule has 1 rings (SSSR count). The van der Waals surface area contributed by atoms with E-state index in [2.05, 4.69) is 9.97 Å². The molecule has 1 aromatic rings. The third kappa shape index (κ3) is 1.32. The number of hydrogen-bond donors (Lipinski definition) is 2. The van der Waals surface area contributed by atoms with Gasteiger partial charge in [-0.25, -0.2) is 4.98 Å². The molecule has 0 aliphatic carbocycles. The van der Waals surface area contributed by atoms with Gasteiger partial charge in [0.25, 0.3) is 0 Å². The Labute approximate surface area is 65.1 Å². The largest absolute Gasteiger partial charge is 0.381 e. The van der Waals surface area contributed by atoms with Crippen molar-refractivity contribution in [2.75, 3.05) is 5.73 Å². The second-order valence-corrected chi connectivity index (χ2v) is 2.65. The van der Waals surface area contributed by atoms with Crippen LogP contribution in [0.15, 0.2) is 0 Å². The molecular weight excluding hydrogens is 140 g/mol. The lowest BCUT2D eigenvalue weighted by molar-refractivity contribution is 0.794. The van der Waals surface area contributed by atoms with Gasteiger partial charge in [-0.05, 0) is 0 Å². The van der Waals surface area contributed by atoms with Gasteiger partial charge in [-0.15, -0.1) is 0 Å². The van der Waals surface area contributed by atoms with Gasteiger partial charge in [0.05, 0.1) is 0 Å². The molecule has 0 spiro atoms. The molecule has 0 radical (unpaired) electrons. The van der Waals surface area contributed by atoms with E-state index in [0.29, 0.717) is 5.69 Å². The van der Waals surface area contributed by atoms with Crippen LogP contribution in [0, 0.1) is 11.3 Å². The second-order valence-electron chi connectivity index (χ2n) is 2.65. The number of H-pyrrole nitrogens is 1. The second kappa shape index (κ2) is 2.62. The zero-order chi connectivity index (χ0) is 8.43. The summed E-state index contributed by atoms with van der Waals surface area (Å²) in [6, 6.07) is 1.93. The van der Waals surface area contributed by atoms with Crippen molar-refractivity contribution in [3.8, 4) is 6.07 Å². The fourth-order valence-corrected chi connectivity index (χ4v) is 0.764. The summed E-state index contributed by atoms with van der Waals surface area (Å²) in [7, 11) is 0. The molecule has 0 aliphatic rings. The van der Waals surface area contributed by atoms with Crippen molar-refractivity contribution in [1.82, 2.24) is 9.97 Å². The van der Waals surface area contributed by atoms with Gasteiger partial charge >= 0.3 is 0 Å². The Morgan fingerprint density at radius 2 is 2.27 bits per heavy atom. The van der Waals surface area contributed by atoms with Crippen LogP contribution in [0.4, 0.5) is 5.82 Å². The predicted molar refractivity (Wildman–Crippen MR) is 41.8 cm³/mol. The Kier molecular flexibility index (Phi) is 1.81. The van der Waals surface area contributed by atoms with Crippen LogP contribution in [-0.2, 0) is 0 Å². The summed E-state index contributed by atoms with van der Waals surface area (Å²) >= 11 is 0. The van der Waals surface area contributed by atoms with Crippen molar-refractivity contribution in [2.24, 2.45) is 0 Å². The van der Waals surface area contributed by atoms with Crippen molar-refractivity contribution in [2.45, 2.75) is 19.8 Å². The van der Waals surface area contributed by atoms with E-state index in [1.807, 2.05) is 19.9 Å². The van der Waals surface area contributed by atoms with Crippen LogP contribution in [0.1, 0.15) is 31.3 Å². The van der Waals surface area contributed by atoms with Crippen LogP contribution in [0.25, 0.3) is 0 Å². The van der Waals surface area contributed by atoms with Crippen molar-refractivity contribution in [1.29, 1.82) is 5.26 Å². The summed E-state index contributed by atoms with van der Waals surface area (Å²) in [6.45, 7) is 3.97. The molecule has 58 valence electrons. The third-order valence-electron chi connectivity index (χ3n) is 1.41. The lowest BCUT2D eigenvalue weighted by Gasteiger charge is -1.95.